The lowest BCUT2D eigenvalue weighted by atomic mass is 10.2. The molecule has 2 rings (SSSR count). The Bertz CT molecular complexity index is 486. The fraction of sp³-hybridized carbons (Fsp3) is 0.611. The fourth-order valence-electron chi connectivity index (χ4n) is 2.23. The summed E-state index contributed by atoms with van der Waals surface area (Å²) in [5, 5.41) is 6.66. The van der Waals surface area contributed by atoms with Gasteiger partial charge in [0.25, 0.3) is 0 Å². The van der Waals surface area contributed by atoms with Gasteiger partial charge in [0, 0.05) is 53.1 Å². The topological polar surface area (TPSA) is 48.9 Å². The molecule has 0 unspecified atom stereocenters. The van der Waals surface area contributed by atoms with Crippen LogP contribution in [0.25, 0.3) is 0 Å². The van der Waals surface area contributed by atoms with Gasteiger partial charge in [0.05, 0.1) is 0 Å². The Labute approximate surface area is 163 Å². The first-order chi connectivity index (χ1) is 11.2. The summed E-state index contributed by atoms with van der Waals surface area (Å²) in [5.41, 5.74) is 2.45. The normalized spacial score (nSPS) is 14.0. The Hall–Kier alpha value is -1.02. The third-order valence-electron chi connectivity index (χ3n) is 3.94. The molecule has 0 saturated heterocycles. The molecule has 0 spiro atoms. The van der Waals surface area contributed by atoms with Crippen LogP contribution in [0, 0.1) is 5.92 Å². The predicted octanol–water partition coefficient (Wildman–Crippen LogP) is 2.85. The van der Waals surface area contributed by atoms with Crippen molar-refractivity contribution in [1.29, 1.82) is 0 Å². The molecule has 6 heteroatoms. The molecular formula is C18H31IN4O. The third-order valence-corrected chi connectivity index (χ3v) is 3.94. The van der Waals surface area contributed by atoms with Crippen molar-refractivity contribution in [2.75, 3.05) is 45.8 Å². The monoisotopic (exact) mass is 446 g/mol. The van der Waals surface area contributed by atoms with E-state index in [1.165, 1.54) is 24.1 Å². The van der Waals surface area contributed by atoms with Gasteiger partial charge in [-0.2, -0.15) is 0 Å². The van der Waals surface area contributed by atoms with Crippen molar-refractivity contribution in [2.45, 2.75) is 25.8 Å². The van der Waals surface area contributed by atoms with E-state index in [1.54, 1.807) is 7.05 Å². The van der Waals surface area contributed by atoms with Crippen LogP contribution in [0.2, 0.25) is 0 Å². The smallest absolute Gasteiger partial charge is 0.191 e. The Morgan fingerprint density at radius 1 is 1.21 bits per heavy atom. The van der Waals surface area contributed by atoms with Crippen molar-refractivity contribution >= 4 is 35.6 Å². The number of benzene rings is 1. The van der Waals surface area contributed by atoms with Crippen molar-refractivity contribution in [3.05, 3.63) is 29.8 Å². The van der Waals surface area contributed by atoms with Gasteiger partial charge in [-0.3, -0.25) is 4.99 Å². The second-order valence-corrected chi connectivity index (χ2v) is 6.29. The summed E-state index contributed by atoms with van der Waals surface area (Å²) >= 11 is 0. The van der Waals surface area contributed by atoms with Gasteiger partial charge in [-0.15, -0.1) is 24.0 Å². The second kappa shape index (κ2) is 11.5. The molecule has 2 N–H and O–H groups in total. The number of anilines is 1. The number of nitrogens with zero attached hydrogens (tertiary/aromatic N) is 2. The molecule has 0 aliphatic heterocycles. The second-order valence-electron chi connectivity index (χ2n) is 6.29. The molecule has 0 radical (unpaired) electrons. The maximum absolute atomic E-state index is 5.63. The van der Waals surface area contributed by atoms with Crippen molar-refractivity contribution in [3.63, 3.8) is 0 Å². The average Bonchev–Trinajstić information content (AvgIpc) is 3.38. The van der Waals surface area contributed by atoms with Gasteiger partial charge in [-0.1, -0.05) is 12.1 Å². The van der Waals surface area contributed by atoms with Gasteiger partial charge in [0.15, 0.2) is 5.96 Å². The molecule has 24 heavy (non-hydrogen) atoms. The Balaban J connectivity index is 0.00000288. The van der Waals surface area contributed by atoms with Gasteiger partial charge >= 0.3 is 0 Å². The lowest BCUT2D eigenvalue weighted by molar-refractivity contribution is 0.123. The summed E-state index contributed by atoms with van der Waals surface area (Å²) in [6, 6.07) is 8.54. The molecule has 1 aromatic carbocycles. The Kier molecular flexibility index (Phi) is 10.1. The van der Waals surface area contributed by atoms with E-state index in [4.69, 9.17) is 4.74 Å². The molecule has 0 aromatic heterocycles. The van der Waals surface area contributed by atoms with Crippen LogP contribution in [0.1, 0.15) is 24.8 Å². The quantitative estimate of drug-likeness (QED) is 0.265. The lowest BCUT2D eigenvalue weighted by Gasteiger charge is -2.14. The predicted molar refractivity (Wildman–Crippen MR) is 113 cm³/mol. The summed E-state index contributed by atoms with van der Waals surface area (Å²) < 4.78 is 5.63. The zero-order valence-corrected chi connectivity index (χ0v) is 17.4. The highest BCUT2D eigenvalue weighted by molar-refractivity contribution is 14.0. The molecule has 1 saturated carbocycles. The summed E-state index contributed by atoms with van der Waals surface area (Å²) in [4.78, 5) is 6.35. The number of nitrogens with one attached hydrogen (secondary N) is 2. The first-order valence-electron chi connectivity index (χ1n) is 8.47. The number of guanidine groups is 1. The molecule has 1 aliphatic rings. The van der Waals surface area contributed by atoms with Gasteiger partial charge in [0.2, 0.25) is 0 Å². The first kappa shape index (κ1) is 21.0. The van der Waals surface area contributed by atoms with Gasteiger partial charge in [0.1, 0.15) is 0 Å². The summed E-state index contributed by atoms with van der Waals surface area (Å²) in [6.07, 6.45) is 3.71. The number of aliphatic imine (C=N–C) groups is 1. The van der Waals surface area contributed by atoms with E-state index >= 15 is 0 Å². The van der Waals surface area contributed by atoms with Gasteiger partial charge < -0.3 is 20.3 Å². The highest BCUT2D eigenvalue weighted by Gasteiger charge is 2.20. The van der Waals surface area contributed by atoms with Crippen molar-refractivity contribution < 1.29 is 4.74 Å². The van der Waals surface area contributed by atoms with Gasteiger partial charge in [-0.25, -0.2) is 0 Å². The molecule has 1 aromatic rings. The van der Waals surface area contributed by atoms with Crippen LogP contribution >= 0.6 is 24.0 Å². The van der Waals surface area contributed by atoms with Gasteiger partial charge in [-0.05, 0) is 42.9 Å². The van der Waals surface area contributed by atoms with E-state index in [9.17, 15) is 0 Å². The molecule has 0 atom stereocenters. The van der Waals surface area contributed by atoms with E-state index in [1.807, 2.05) is 14.1 Å². The summed E-state index contributed by atoms with van der Waals surface area (Å²) in [7, 11) is 5.90. The van der Waals surface area contributed by atoms with E-state index in [0.29, 0.717) is 0 Å². The van der Waals surface area contributed by atoms with Crippen LogP contribution in [0.4, 0.5) is 5.69 Å². The first-order valence-corrected chi connectivity index (χ1v) is 8.47. The highest BCUT2D eigenvalue weighted by Crippen LogP contribution is 2.28. The van der Waals surface area contributed by atoms with Crippen LogP contribution in [0.15, 0.2) is 29.3 Å². The maximum atomic E-state index is 5.63. The SMILES string of the molecule is CN=C(NCCCOCC1CC1)NCc1ccc(N(C)C)cc1.I. The number of rotatable bonds is 9. The standard InChI is InChI=1S/C18H30N4O.HI/c1-19-18(20-11-4-12-23-14-16-5-6-16)21-13-15-7-9-17(10-8-15)22(2)3;/h7-10,16H,4-6,11-14H2,1-3H3,(H2,19,20,21);1H. The van der Waals surface area contributed by atoms with E-state index < -0.39 is 0 Å². The number of hydrogen-bond acceptors (Lipinski definition) is 3. The van der Waals surface area contributed by atoms with Crippen LogP contribution in [-0.4, -0.2) is 46.9 Å². The minimum Gasteiger partial charge on any atom is -0.381 e. The summed E-state index contributed by atoms with van der Waals surface area (Å²) in [5.74, 6) is 1.68. The molecule has 1 fully saturated rings. The molecule has 0 bridgehead atoms. The minimum atomic E-state index is 0. The Morgan fingerprint density at radius 3 is 2.50 bits per heavy atom. The van der Waals surface area contributed by atoms with Crippen molar-refractivity contribution in [3.8, 4) is 0 Å². The van der Waals surface area contributed by atoms with Crippen LogP contribution in [0.5, 0.6) is 0 Å². The fourth-order valence-corrected chi connectivity index (χ4v) is 2.23. The number of ether oxygens (including phenoxy) is 1. The number of halogens is 1. The summed E-state index contributed by atoms with van der Waals surface area (Å²) in [6.45, 7) is 3.41. The molecular weight excluding hydrogens is 415 g/mol. The van der Waals surface area contributed by atoms with E-state index in [-0.39, 0.29) is 24.0 Å². The van der Waals surface area contributed by atoms with Crippen LogP contribution < -0.4 is 15.5 Å². The van der Waals surface area contributed by atoms with E-state index in [0.717, 1.165) is 44.6 Å². The zero-order chi connectivity index (χ0) is 16.5. The highest BCUT2D eigenvalue weighted by atomic mass is 127. The zero-order valence-electron chi connectivity index (χ0n) is 15.0. The van der Waals surface area contributed by atoms with Crippen molar-refractivity contribution in [1.82, 2.24) is 10.6 Å². The molecule has 1 aliphatic carbocycles. The molecule has 136 valence electrons. The number of hydrogen-bond donors (Lipinski definition) is 2. The Morgan fingerprint density at radius 2 is 1.92 bits per heavy atom. The average molecular weight is 446 g/mol. The molecule has 5 nitrogen and oxygen atoms in total. The largest absolute Gasteiger partial charge is 0.381 e. The van der Waals surface area contributed by atoms with Crippen LogP contribution in [0.3, 0.4) is 0 Å². The third kappa shape index (κ3) is 8.19. The molecule has 0 amide bonds. The minimum absolute atomic E-state index is 0. The maximum Gasteiger partial charge on any atom is 0.191 e. The van der Waals surface area contributed by atoms with Crippen LogP contribution in [-0.2, 0) is 11.3 Å². The van der Waals surface area contributed by atoms with E-state index in [2.05, 4.69) is 44.8 Å². The molecule has 0 heterocycles. The van der Waals surface area contributed by atoms with Crippen molar-refractivity contribution in [2.24, 2.45) is 10.9 Å². The lowest BCUT2D eigenvalue weighted by Crippen LogP contribution is -2.37.